The lowest BCUT2D eigenvalue weighted by Crippen LogP contribution is -2.34. The van der Waals surface area contributed by atoms with Gasteiger partial charge in [0.15, 0.2) is 0 Å². The lowest BCUT2D eigenvalue weighted by Gasteiger charge is -2.35. The third-order valence-corrected chi connectivity index (χ3v) is 5.88. The fourth-order valence-corrected chi connectivity index (χ4v) is 4.54. The Labute approximate surface area is 149 Å². The maximum absolute atomic E-state index is 9.80. The molecule has 1 saturated heterocycles. The zero-order valence-electron chi connectivity index (χ0n) is 15.0. The molecule has 0 radical (unpaired) electrons. The Hall–Kier alpha value is -1.25. The second kappa shape index (κ2) is 7.33. The van der Waals surface area contributed by atoms with Crippen LogP contribution >= 0.6 is 11.8 Å². The summed E-state index contributed by atoms with van der Waals surface area (Å²) in [6.45, 7) is 9.10. The molecule has 0 spiro atoms. The van der Waals surface area contributed by atoms with Crippen LogP contribution in [-0.4, -0.2) is 29.4 Å². The highest BCUT2D eigenvalue weighted by Crippen LogP contribution is 2.39. The Kier molecular flexibility index (Phi) is 5.36. The predicted octanol–water partition coefficient (Wildman–Crippen LogP) is 4.30. The molecular formula is C19H27N3OS. The Morgan fingerprint density at radius 1 is 1.29 bits per heavy atom. The van der Waals surface area contributed by atoms with E-state index in [9.17, 15) is 5.26 Å². The molecule has 0 atom stereocenters. The van der Waals surface area contributed by atoms with Gasteiger partial charge in [0.25, 0.3) is 0 Å². The standard InChI is InChI=1S/C19H27N3OS/c1-4-5-10-24-18-15(12-20)14-11-19(2,3)23-13-16(14)17(21-18)22-8-6-7-9-22/h4-11,13H2,1-3H3. The van der Waals surface area contributed by atoms with Crippen LogP contribution in [0.25, 0.3) is 0 Å². The number of thioether (sulfide) groups is 1. The van der Waals surface area contributed by atoms with Crippen LogP contribution < -0.4 is 4.90 Å². The number of hydrogen-bond donors (Lipinski definition) is 0. The average molecular weight is 346 g/mol. The van der Waals surface area contributed by atoms with E-state index in [1.54, 1.807) is 11.8 Å². The molecule has 2 aliphatic heterocycles. The van der Waals surface area contributed by atoms with Gasteiger partial charge in [0.05, 0.1) is 17.8 Å². The molecule has 1 aromatic rings. The van der Waals surface area contributed by atoms with Crippen molar-refractivity contribution in [3.05, 3.63) is 16.7 Å². The highest BCUT2D eigenvalue weighted by atomic mass is 32.2. The van der Waals surface area contributed by atoms with Crippen molar-refractivity contribution in [1.82, 2.24) is 4.98 Å². The minimum Gasteiger partial charge on any atom is -0.370 e. The summed E-state index contributed by atoms with van der Waals surface area (Å²) < 4.78 is 6.05. The first-order valence-corrected chi connectivity index (χ1v) is 10.0. The molecule has 130 valence electrons. The third kappa shape index (κ3) is 3.55. The Morgan fingerprint density at radius 3 is 2.71 bits per heavy atom. The molecule has 4 nitrogen and oxygen atoms in total. The third-order valence-electron chi connectivity index (χ3n) is 4.82. The van der Waals surface area contributed by atoms with Crippen LogP contribution in [0.15, 0.2) is 5.03 Å². The molecule has 2 aliphatic rings. The minimum absolute atomic E-state index is 0.215. The average Bonchev–Trinajstić information content (AvgIpc) is 3.07. The molecule has 3 heterocycles. The monoisotopic (exact) mass is 345 g/mol. The number of rotatable bonds is 5. The van der Waals surface area contributed by atoms with Crippen LogP contribution in [0.2, 0.25) is 0 Å². The van der Waals surface area contributed by atoms with Crippen molar-refractivity contribution in [2.24, 2.45) is 0 Å². The maximum atomic E-state index is 9.80. The molecule has 5 heteroatoms. The Balaban J connectivity index is 2.06. The quantitative estimate of drug-likeness (QED) is 0.588. The number of fused-ring (bicyclic) bond motifs is 1. The summed E-state index contributed by atoms with van der Waals surface area (Å²) in [6, 6.07) is 2.45. The summed E-state index contributed by atoms with van der Waals surface area (Å²) in [5, 5.41) is 10.7. The summed E-state index contributed by atoms with van der Waals surface area (Å²) in [4.78, 5) is 7.33. The summed E-state index contributed by atoms with van der Waals surface area (Å²) >= 11 is 1.74. The van der Waals surface area contributed by atoms with Gasteiger partial charge < -0.3 is 9.64 Å². The van der Waals surface area contributed by atoms with Crippen LogP contribution in [-0.2, 0) is 17.8 Å². The molecule has 3 rings (SSSR count). The number of hydrogen-bond acceptors (Lipinski definition) is 5. The van der Waals surface area contributed by atoms with Crippen LogP contribution in [0.4, 0.5) is 5.82 Å². The minimum atomic E-state index is -0.215. The summed E-state index contributed by atoms with van der Waals surface area (Å²) in [6.07, 6.45) is 5.56. The molecule has 0 aliphatic carbocycles. The lowest BCUT2D eigenvalue weighted by molar-refractivity contribution is -0.0401. The van der Waals surface area contributed by atoms with Crippen molar-refractivity contribution < 1.29 is 4.74 Å². The molecule has 0 bridgehead atoms. The van der Waals surface area contributed by atoms with Crippen molar-refractivity contribution in [2.75, 3.05) is 23.7 Å². The molecule has 0 amide bonds. The molecule has 1 fully saturated rings. The first-order valence-electron chi connectivity index (χ1n) is 9.03. The topological polar surface area (TPSA) is 49.2 Å². The summed E-state index contributed by atoms with van der Waals surface area (Å²) in [5.41, 5.74) is 2.89. The number of nitriles is 1. The molecule has 0 saturated carbocycles. The molecule has 1 aromatic heterocycles. The number of nitrogens with zero attached hydrogens (tertiary/aromatic N) is 3. The van der Waals surface area contributed by atoms with Crippen molar-refractivity contribution >= 4 is 17.6 Å². The van der Waals surface area contributed by atoms with Crippen LogP contribution in [0.1, 0.15) is 63.1 Å². The van der Waals surface area contributed by atoms with E-state index in [1.807, 2.05) is 0 Å². The fraction of sp³-hybridized carbons (Fsp3) is 0.684. The smallest absolute Gasteiger partial charge is 0.135 e. The first kappa shape index (κ1) is 17.6. The molecule has 0 N–H and O–H groups in total. The molecule has 0 aromatic carbocycles. The number of unbranched alkanes of at least 4 members (excludes halogenated alkanes) is 1. The van der Waals surface area contributed by atoms with E-state index in [2.05, 4.69) is 31.7 Å². The highest BCUT2D eigenvalue weighted by Gasteiger charge is 2.33. The van der Waals surface area contributed by atoms with Crippen molar-refractivity contribution in [3.8, 4) is 6.07 Å². The predicted molar refractivity (Wildman–Crippen MR) is 98.6 cm³/mol. The van der Waals surface area contributed by atoms with Gasteiger partial charge in [-0.05, 0) is 44.4 Å². The van der Waals surface area contributed by atoms with Crippen LogP contribution in [0, 0.1) is 11.3 Å². The van der Waals surface area contributed by atoms with Gasteiger partial charge in [0, 0.05) is 25.1 Å². The van der Waals surface area contributed by atoms with E-state index >= 15 is 0 Å². The van der Waals surface area contributed by atoms with Gasteiger partial charge in [-0.2, -0.15) is 5.26 Å². The van der Waals surface area contributed by atoms with E-state index in [4.69, 9.17) is 9.72 Å². The lowest BCUT2D eigenvalue weighted by atomic mass is 9.89. The van der Waals surface area contributed by atoms with Gasteiger partial charge in [0.2, 0.25) is 0 Å². The number of ether oxygens (including phenoxy) is 1. The fourth-order valence-electron chi connectivity index (χ4n) is 3.45. The van der Waals surface area contributed by atoms with Gasteiger partial charge in [-0.15, -0.1) is 11.8 Å². The van der Waals surface area contributed by atoms with Crippen LogP contribution in [0.5, 0.6) is 0 Å². The largest absolute Gasteiger partial charge is 0.370 e. The second-order valence-electron chi connectivity index (χ2n) is 7.31. The van der Waals surface area contributed by atoms with Gasteiger partial charge >= 0.3 is 0 Å². The molecule has 0 unspecified atom stereocenters. The van der Waals surface area contributed by atoms with E-state index < -0.39 is 0 Å². The van der Waals surface area contributed by atoms with Gasteiger partial charge in [-0.25, -0.2) is 4.98 Å². The second-order valence-corrected chi connectivity index (χ2v) is 8.39. The van der Waals surface area contributed by atoms with E-state index in [0.29, 0.717) is 6.61 Å². The Bertz CT molecular complexity index is 645. The normalized spacial score (nSPS) is 19.2. The van der Waals surface area contributed by atoms with Gasteiger partial charge in [-0.1, -0.05) is 13.3 Å². The van der Waals surface area contributed by atoms with E-state index in [1.165, 1.54) is 24.8 Å². The zero-order chi connectivity index (χ0) is 17.2. The van der Waals surface area contributed by atoms with Crippen molar-refractivity contribution in [3.63, 3.8) is 0 Å². The Morgan fingerprint density at radius 2 is 2.04 bits per heavy atom. The van der Waals surface area contributed by atoms with Crippen molar-refractivity contribution in [1.29, 1.82) is 5.26 Å². The SMILES string of the molecule is CCCCSc1nc(N2CCCC2)c2c(c1C#N)CC(C)(C)OC2. The van der Waals surface area contributed by atoms with E-state index in [-0.39, 0.29) is 5.60 Å². The van der Waals surface area contributed by atoms with Gasteiger partial charge in [-0.3, -0.25) is 0 Å². The van der Waals surface area contributed by atoms with Crippen LogP contribution in [0.3, 0.4) is 0 Å². The highest BCUT2D eigenvalue weighted by molar-refractivity contribution is 7.99. The maximum Gasteiger partial charge on any atom is 0.135 e. The number of anilines is 1. The molecule has 24 heavy (non-hydrogen) atoms. The zero-order valence-corrected chi connectivity index (χ0v) is 15.8. The van der Waals surface area contributed by atoms with Gasteiger partial charge in [0.1, 0.15) is 16.9 Å². The summed E-state index contributed by atoms with van der Waals surface area (Å²) in [5.74, 6) is 2.09. The van der Waals surface area contributed by atoms with E-state index in [0.717, 1.165) is 53.7 Å². The first-order chi connectivity index (χ1) is 11.6. The van der Waals surface area contributed by atoms with Crippen molar-refractivity contribution in [2.45, 2.75) is 70.1 Å². The number of pyridine rings is 1. The number of aromatic nitrogens is 1. The molecular weight excluding hydrogens is 318 g/mol. The summed E-state index contributed by atoms with van der Waals surface area (Å²) in [7, 11) is 0.